The van der Waals surface area contributed by atoms with Crippen molar-refractivity contribution in [3.05, 3.63) is 84.2 Å². The number of ether oxygens (including phenoxy) is 1. The number of urea groups is 1. The largest absolute Gasteiger partial charge is 0.465 e. The molecule has 1 N–H and O–H groups in total. The third-order valence-electron chi connectivity index (χ3n) is 5.76. The van der Waals surface area contributed by atoms with Crippen molar-refractivity contribution >= 4 is 22.8 Å². The molecule has 1 saturated heterocycles. The molecule has 4 aromatic rings. The highest BCUT2D eigenvalue weighted by Gasteiger charge is 2.31. The summed E-state index contributed by atoms with van der Waals surface area (Å²) in [5, 5.41) is 2.99. The molecule has 0 bridgehead atoms. The molecule has 0 unspecified atom stereocenters. The maximum Gasteiger partial charge on any atom is 0.321 e. The molecule has 1 aliphatic heterocycles. The first-order valence-electron chi connectivity index (χ1n) is 10.8. The molecule has 32 heavy (non-hydrogen) atoms. The summed E-state index contributed by atoms with van der Waals surface area (Å²) < 4.78 is 7.82. The molecule has 1 aliphatic rings. The van der Waals surface area contributed by atoms with Crippen LogP contribution in [0.3, 0.4) is 0 Å². The lowest BCUT2D eigenvalue weighted by Gasteiger charge is -2.39. The van der Waals surface area contributed by atoms with E-state index in [1.165, 1.54) is 5.56 Å². The molecule has 0 aliphatic carbocycles. The number of pyridine rings is 1. The van der Waals surface area contributed by atoms with Crippen LogP contribution in [0.25, 0.3) is 11.0 Å². The fourth-order valence-electron chi connectivity index (χ4n) is 4.00. The topological polar surface area (TPSA) is 72.3 Å². The van der Waals surface area contributed by atoms with Crippen LogP contribution in [-0.4, -0.2) is 45.2 Å². The van der Waals surface area contributed by atoms with E-state index in [0.29, 0.717) is 38.2 Å². The zero-order chi connectivity index (χ0) is 21.9. The molecule has 7 heteroatoms. The standard InChI is InChI=1S/C25H25N5O2/c1-2-32-25-28-22-7-3-4-8-23(22)30(25)15-18-9-11-21(12-10-18)27-24(31)29-16-20(17-29)19-6-5-13-26-14-19/h3-14,20H,2,15-17H2,1H3,(H,27,31). The lowest BCUT2D eigenvalue weighted by molar-refractivity contribution is 0.164. The number of hydrogen-bond acceptors (Lipinski definition) is 4. The second-order valence-corrected chi connectivity index (χ2v) is 7.92. The summed E-state index contributed by atoms with van der Waals surface area (Å²) in [4.78, 5) is 23.1. The van der Waals surface area contributed by atoms with E-state index in [2.05, 4.69) is 25.9 Å². The number of carbonyl (C=O) groups is 1. The van der Waals surface area contributed by atoms with Crippen LogP contribution in [0.1, 0.15) is 24.0 Å². The average Bonchev–Trinajstić information content (AvgIpc) is 3.12. The molecule has 3 heterocycles. The van der Waals surface area contributed by atoms with Gasteiger partial charge in [-0.15, -0.1) is 0 Å². The molecule has 0 radical (unpaired) electrons. The summed E-state index contributed by atoms with van der Waals surface area (Å²) in [5.41, 5.74) is 5.02. The summed E-state index contributed by atoms with van der Waals surface area (Å²) in [5.74, 6) is 0.362. The number of benzene rings is 2. The Labute approximate surface area is 186 Å². The van der Waals surface area contributed by atoms with Crippen LogP contribution in [0.4, 0.5) is 10.5 Å². The number of fused-ring (bicyclic) bond motifs is 1. The van der Waals surface area contributed by atoms with Crippen LogP contribution in [0, 0.1) is 0 Å². The van der Waals surface area contributed by atoms with Crippen LogP contribution in [0.2, 0.25) is 0 Å². The predicted octanol–water partition coefficient (Wildman–Crippen LogP) is 4.51. The van der Waals surface area contributed by atoms with Crippen molar-refractivity contribution in [1.82, 2.24) is 19.4 Å². The van der Waals surface area contributed by atoms with E-state index in [0.717, 1.165) is 22.3 Å². The Morgan fingerprint density at radius 1 is 1.09 bits per heavy atom. The lowest BCUT2D eigenvalue weighted by Crippen LogP contribution is -2.50. The summed E-state index contributed by atoms with van der Waals surface area (Å²) >= 11 is 0. The van der Waals surface area contributed by atoms with Crippen molar-refractivity contribution < 1.29 is 9.53 Å². The van der Waals surface area contributed by atoms with Gasteiger partial charge in [0.2, 0.25) is 0 Å². The van der Waals surface area contributed by atoms with Gasteiger partial charge < -0.3 is 15.0 Å². The quantitative estimate of drug-likeness (QED) is 0.491. The number of rotatable bonds is 6. The molecule has 0 spiro atoms. The third kappa shape index (κ3) is 4.01. The summed E-state index contributed by atoms with van der Waals surface area (Å²) in [6.45, 7) is 4.58. The highest BCUT2D eigenvalue weighted by Crippen LogP contribution is 2.27. The van der Waals surface area contributed by atoms with Crippen molar-refractivity contribution in [1.29, 1.82) is 0 Å². The Kier molecular flexibility index (Phi) is 5.46. The van der Waals surface area contributed by atoms with Crippen molar-refractivity contribution in [2.45, 2.75) is 19.4 Å². The van der Waals surface area contributed by atoms with Crippen molar-refractivity contribution in [2.75, 3.05) is 25.0 Å². The molecule has 2 aromatic carbocycles. The maximum atomic E-state index is 12.5. The Hall–Kier alpha value is -3.87. The van der Waals surface area contributed by atoms with Gasteiger partial charge in [-0.25, -0.2) is 4.79 Å². The first kappa shape index (κ1) is 20.1. The number of para-hydroxylation sites is 2. The van der Waals surface area contributed by atoms with Crippen molar-refractivity contribution in [3.8, 4) is 6.01 Å². The Balaban J connectivity index is 1.22. The van der Waals surface area contributed by atoms with Gasteiger partial charge in [-0.1, -0.05) is 30.3 Å². The van der Waals surface area contributed by atoms with E-state index < -0.39 is 0 Å². The number of nitrogens with one attached hydrogen (secondary N) is 1. The van der Waals surface area contributed by atoms with Crippen LogP contribution in [0.15, 0.2) is 73.1 Å². The van der Waals surface area contributed by atoms with E-state index in [1.54, 1.807) is 6.20 Å². The van der Waals surface area contributed by atoms with Gasteiger partial charge >= 0.3 is 6.03 Å². The van der Waals surface area contributed by atoms with E-state index in [-0.39, 0.29) is 6.03 Å². The first-order valence-corrected chi connectivity index (χ1v) is 10.8. The van der Waals surface area contributed by atoms with Gasteiger partial charge in [0.1, 0.15) is 0 Å². The molecular formula is C25H25N5O2. The normalized spacial score (nSPS) is 13.7. The number of amides is 2. The number of aromatic nitrogens is 3. The van der Waals surface area contributed by atoms with Gasteiger partial charge in [0.15, 0.2) is 0 Å². The van der Waals surface area contributed by atoms with Crippen LogP contribution in [-0.2, 0) is 6.54 Å². The second kappa shape index (κ2) is 8.70. The fraction of sp³-hybridized carbons (Fsp3) is 0.240. The van der Waals surface area contributed by atoms with Gasteiger partial charge in [0.25, 0.3) is 6.01 Å². The number of nitrogens with zero attached hydrogens (tertiary/aromatic N) is 4. The second-order valence-electron chi connectivity index (χ2n) is 7.92. The Bertz CT molecular complexity index is 1210. The zero-order valence-corrected chi connectivity index (χ0v) is 17.9. The number of imidazole rings is 1. The van der Waals surface area contributed by atoms with Gasteiger partial charge in [-0.05, 0) is 48.4 Å². The number of anilines is 1. The number of hydrogen-bond donors (Lipinski definition) is 1. The number of likely N-dealkylation sites (tertiary alicyclic amines) is 1. The summed E-state index contributed by atoms with van der Waals surface area (Å²) in [6, 6.07) is 20.5. The Morgan fingerprint density at radius 2 is 1.91 bits per heavy atom. The zero-order valence-electron chi connectivity index (χ0n) is 17.9. The molecule has 5 rings (SSSR count). The molecule has 7 nitrogen and oxygen atoms in total. The van der Waals surface area contributed by atoms with E-state index in [1.807, 2.05) is 72.6 Å². The molecular weight excluding hydrogens is 402 g/mol. The smallest absolute Gasteiger partial charge is 0.321 e. The summed E-state index contributed by atoms with van der Waals surface area (Å²) in [6.07, 6.45) is 3.64. The third-order valence-corrected chi connectivity index (χ3v) is 5.76. The minimum atomic E-state index is -0.0721. The van der Waals surface area contributed by atoms with Crippen LogP contribution >= 0.6 is 0 Å². The molecule has 0 saturated carbocycles. The van der Waals surface area contributed by atoms with E-state index in [4.69, 9.17) is 4.74 Å². The maximum absolute atomic E-state index is 12.5. The lowest BCUT2D eigenvalue weighted by atomic mass is 9.93. The predicted molar refractivity (Wildman–Crippen MR) is 124 cm³/mol. The van der Waals surface area contributed by atoms with E-state index >= 15 is 0 Å². The Morgan fingerprint density at radius 3 is 2.66 bits per heavy atom. The highest BCUT2D eigenvalue weighted by molar-refractivity contribution is 5.90. The molecule has 1 fully saturated rings. The van der Waals surface area contributed by atoms with Gasteiger partial charge in [-0.3, -0.25) is 9.55 Å². The minimum Gasteiger partial charge on any atom is -0.465 e. The van der Waals surface area contributed by atoms with Crippen molar-refractivity contribution in [3.63, 3.8) is 0 Å². The molecule has 0 atom stereocenters. The van der Waals surface area contributed by atoms with Gasteiger partial charge in [0.05, 0.1) is 24.2 Å². The average molecular weight is 428 g/mol. The number of carbonyl (C=O) groups excluding carboxylic acids is 1. The minimum absolute atomic E-state index is 0.0721. The monoisotopic (exact) mass is 427 g/mol. The molecule has 2 aromatic heterocycles. The van der Waals surface area contributed by atoms with Crippen LogP contribution in [0.5, 0.6) is 6.01 Å². The van der Waals surface area contributed by atoms with Crippen molar-refractivity contribution in [2.24, 2.45) is 0 Å². The fourth-order valence-corrected chi connectivity index (χ4v) is 4.00. The van der Waals surface area contributed by atoms with Gasteiger partial charge in [0, 0.05) is 37.1 Å². The summed E-state index contributed by atoms with van der Waals surface area (Å²) in [7, 11) is 0. The van der Waals surface area contributed by atoms with Gasteiger partial charge in [-0.2, -0.15) is 4.98 Å². The molecule has 2 amide bonds. The first-order chi connectivity index (χ1) is 15.7. The van der Waals surface area contributed by atoms with Crippen LogP contribution < -0.4 is 10.1 Å². The highest BCUT2D eigenvalue weighted by atomic mass is 16.5. The SMILES string of the molecule is CCOc1nc2ccccc2n1Cc1ccc(NC(=O)N2CC(c3cccnc3)C2)cc1. The molecule has 162 valence electrons. The van der Waals surface area contributed by atoms with E-state index in [9.17, 15) is 4.79 Å².